The number of halogens is 1. The molecule has 1 aliphatic rings. The van der Waals surface area contributed by atoms with Gasteiger partial charge in [-0.15, -0.1) is 10.2 Å². The summed E-state index contributed by atoms with van der Waals surface area (Å²) in [6.45, 7) is 2.54. The van der Waals surface area contributed by atoms with Gasteiger partial charge >= 0.3 is 5.91 Å². The Kier molecular flexibility index (Phi) is 9.27. The van der Waals surface area contributed by atoms with E-state index in [9.17, 15) is 19.1 Å². The van der Waals surface area contributed by atoms with Gasteiger partial charge in [0.05, 0.1) is 32.4 Å². The number of ether oxygens (including phenoxy) is 3. The van der Waals surface area contributed by atoms with Crippen LogP contribution in [0.4, 0.5) is 9.52 Å². The number of aliphatic hydroxyl groups excluding tert-OH is 1. The lowest BCUT2D eigenvalue weighted by atomic mass is 9.95. The van der Waals surface area contributed by atoms with Crippen LogP contribution in [0, 0.1) is 5.82 Å². The van der Waals surface area contributed by atoms with Crippen molar-refractivity contribution in [1.82, 2.24) is 10.2 Å². The van der Waals surface area contributed by atoms with Gasteiger partial charge in [-0.05, 0) is 60.0 Å². The number of anilines is 1. The summed E-state index contributed by atoms with van der Waals surface area (Å²) >= 11 is 2.35. The van der Waals surface area contributed by atoms with Crippen molar-refractivity contribution < 1.29 is 33.3 Å². The zero-order valence-electron chi connectivity index (χ0n) is 23.6. The van der Waals surface area contributed by atoms with Crippen LogP contribution in [0.5, 0.6) is 17.2 Å². The molecule has 1 unspecified atom stereocenters. The van der Waals surface area contributed by atoms with E-state index in [-0.39, 0.29) is 22.3 Å². The number of methoxy groups -OCH3 is 2. The van der Waals surface area contributed by atoms with Crippen LogP contribution in [0.15, 0.2) is 76.6 Å². The van der Waals surface area contributed by atoms with E-state index in [1.54, 1.807) is 60.7 Å². The standard InChI is InChI=1S/C31H28FN3O6S2/c1-4-15-41-21-12-9-18(10-13-21)27(36)25-26(19-11-14-23(39-2)24(16-19)40-3)35(29(38)28(25)37)30-33-34-31(43-30)42-17-20-7-5-6-8-22(20)32/h5-14,16,26,36H,4,15,17H2,1-3H3/b27-25-. The molecule has 222 valence electrons. The van der Waals surface area contributed by atoms with Crippen molar-refractivity contribution in [2.24, 2.45) is 0 Å². The third-order valence-corrected chi connectivity index (χ3v) is 8.78. The van der Waals surface area contributed by atoms with Gasteiger partial charge in [-0.1, -0.05) is 54.3 Å². The van der Waals surface area contributed by atoms with Crippen molar-refractivity contribution in [2.45, 2.75) is 29.5 Å². The molecule has 1 fully saturated rings. The minimum atomic E-state index is -1.05. The first kappa shape index (κ1) is 30.1. The van der Waals surface area contributed by atoms with Gasteiger partial charge in [0.25, 0.3) is 5.78 Å². The molecule has 0 bridgehead atoms. The largest absolute Gasteiger partial charge is 0.507 e. The smallest absolute Gasteiger partial charge is 0.301 e. The van der Waals surface area contributed by atoms with Crippen LogP contribution in [0.2, 0.25) is 0 Å². The number of nitrogens with zero attached hydrogens (tertiary/aromatic N) is 3. The summed E-state index contributed by atoms with van der Waals surface area (Å²) in [6, 6.07) is 17.0. The van der Waals surface area contributed by atoms with Crippen LogP contribution in [-0.2, 0) is 15.3 Å². The number of aromatic nitrogens is 2. The Morgan fingerprint density at radius 1 is 1.02 bits per heavy atom. The van der Waals surface area contributed by atoms with E-state index in [1.807, 2.05) is 6.92 Å². The van der Waals surface area contributed by atoms with Crippen LogP contribution >= 0.6 is 23.1 Å². The number of thioether (sulfide) groups is 1. The van der Waals surface area contributed by atoms with Crippen LogP contribution in [0.3, 0.4) is 0 Å². The van der Waals surface area contributed by atoms with Gasteiger partial charge in [-0.25, -0.2) is 4.39 Å². The molecular weight excluding hydrogens is 593 g/mol. The minimum Gasteiger partial charge on any atom is -0.507 e. The zero-order chi connectivity index (χ0) is 30.5. The van der Waals surface area contributed by atoms with E-state index in [1.165, 1.54) is 36.9 Å². The molecule has 5 rings (SSSR count). The van der Waals surface area contributed by atoms with E-state index in [4.69, 9.17) is 14.2 Å². The third-order valence-electron chi connectivity index (χ3n) is 6.68. The number of Topliss-reactive ketones (excluding diaryl/α,β-unsaturated/α-hetero) is 1. The molecule has 1 saturated heterocycles. The number of rotatable bonds is 11. The first-order valence-electron chi connectivity index (χ1n) is 13.3. The monoisotopic (exact) mass is 621 g/mol. The Labute approximate surface area is 255 Å². The Balaban J connectivity index is 1.55. The predicted molar refractivity (Wildman–Crippen MR) is 162 cm³/mol. The predicted octanol–water partition coefficient (Wildman–Crippen LogP) is 6.40. The number of ketones is 1. The van der Waals surface area contributed by atoms with Crippen LogP contribution in [-0.4, -0.2) is 47.8 Å². The lowest BCUT2D eigenvalue weighted by Crippen LogP contribution is -2.29. The molecule has 2 heterocycles. The lowest BCUT2D eigenvalue weighted by molar-refractivity contribution is -0.132. The van der Waals surface area contributed by atoms with Crippen molar-refractivity contribution in [3.8, 4) is 17.2 Å². The molecule has 0 aliphatic carbocycles. The van der Waals surface area contributed by atoms with Gasteiger partial charge in [0, 0.05) is 11.3 Å². The topological polar surface area (TPSA) is 111 Å². The van der Waals surface area contributed by atoms with Crippen molar-refractivity contribution in [3.63, 3.8) is 0 Å². The van der Waals surface area contributed by atoms with Gasteiger partial charge in [-0.3, -0.25) is 14.5 Å². The van der Waals surface area contributed by atoms with Crippen molar-refractivity contribution >= 4 is 45.7 Å². The number of carbonyl (C=O) groups excluding carboxylic acids is 2. The highest BCUT2D eigenvalue weighted by atomic mass is 32.2. The van der Waals surface area contributed by atoms with Crippen molar-refractivity contribution in [3.05, 3.63) is 94.8 Å². The Hall–Kier alpha value is -4.42. The summed E-state index contributed by atoms with van der Waals surface area (Å²) in [5.41, 5.74) is 1.21. The second-order valence-electron chi connectivity index (χ2n) is 9.39. The summed E-state index contributed by atoms with van der Waals surface area (Å²) in [5, 5.41) is 20.0. The van der Waals surface area contributed by atoms with Gasteiger partial charge in [0.2, 0.25) is 5.13 Å². The number of aliphatic hydroxyl groups is 1. The highest BCUT2D eigenvalue weighted by Gasteiger charge is 2.48. The summed E-state index contributed by atoms with van der Waals surface area (Å²) in [7, 11) is 2.98. The molecule has 12 heteroatoms. The fourth-order valence-corrected chi connectivity index (χ4v) is 6.42. The van der Waals surface area contributed by atoms with E-state index in [0.29, 0.717) is 50.6 Å². The van der Waals surface area contributed by atoms with E-state index in [2.05, 4.69) is 10.2 Å². The van der Waals surface area contributed by atoms with Crippen molar-refractivity contribution in [2.75, 3.05) is 25.7 Å². The quantitative estimate of drug-likeness (QED) is 0.0668. The highest BCUT2D eigenvalue weighted by Crippen LogP contribution is 2.45. The Morgan fingerprint density at radius 3 is 2.47 bits per heavy atom. The van der Waals surface area contributed by atoms with Gasteiger partial charge in [0.1, 0.15) is 17.3 Å². The van der Waals surface area contributed by atoms with Crippen LogP contribution < -0.4 is 19.1 Å². The Bertz CT molecular complexity index is 1670. The number of carbonyl (C=O) groups is 2. The zero-order valence-corrected chi connectivity index (χ0v) is 25.2. The SMILES string of the molecule is CCCOc1ccc(/C(O)=C2/C(=O)C(=O)N(c3nnc(SCc4ccccc4F)s3)C2c2ccc(OC)c(OC)c2)cc1. The molecule has 1 atom stereocenters. The minimum absolute atomic E-state index is 0.116. The lowest BCUT2D eigenvalue weighted by Gasteiger charge is -2.23. The first-order chi connectivity index (χ1) is 20.9. The molecule has 1 N–H and O–H groups in total. The average Bonchev–Trinajstić information content (AvgIpc) is 3.60. The molecule has 4 aromatic rings. The van der Waals surface area contributed by atoms with E-state index < -0.39 is 17.7 Å². The number of hydrogen-bond acceptors (Lipinski definition) is 10. The number of amides is 1. The third kappa shape index (κ3) is 6.20. The molecule has 0 radical (unpaired) electrons. The number of benzene rings is 3. The maximum Gasteiger partial charge on any atom is 0.301 e. The van der Waals surface area contributed by atoms with E-state index >= 15 is 0 Å². The molecule has 1 amide bonds. The molecule has 1 aromatic heterocycles. The first-order valence-corrected chi connectivity index (χ1v) is 15.1. The number of hydrogen-bond donors (Lipinski definition) is 1. The van der Waals surface area contributed by atoms with Gasteiger partial charge < -0.3 is 19.3 Å². The summed E-state index contributed by atoms with van der Waals surface area (Å²) < 4.78 is 31.1. The second-order valence-corrected chi connectivity index (χ2v) is 11.6. The second kappa shape index (κ2) is 13.3. The molecule has 43 heavy (non-hydrogen) atoms. The molecule has 3 aromatic carbocycles. The summed E-state index contributed by atoms with van der Waals surface area (Å²) in [6.07, 6.45) is 0.839. The van der Waals surface area contributed by atoms with Crippen molar-refractivity contribution in [1.29, 1.82) is 0 Å². The highest BCUT2D eigenvalue weighted by molar-refractivity contribution is 8.00. The summed E-state index contributed by atoms with van der Waals surface area (Å²) in [5.74, 6) is -0.674. The van der Waals surface area contributed by atoms with Gasteiger partial charge in [0.15, 0.2) is 15.8 Å². The molecule has 1 aliphatic heterocycles. The maximum atomic E-state index is 14.1. The van der Waals surface area contributed by atoms with Gasteiger partial charge in [-0.2, -0.15) is 0 Å². The van der Waals surface area contributed by atoms with E-state index in [0.717, 1.165) is 17.8 Å². The fourth-order valence-electron chi connectivity index (χ4n) is 4.57. The summed E-state index contributed by atoms with van der Waals surface area (Å²) in [4.78, 5) is 28.3. The molecule has 0 spiro atoms. The average molecular weight is 622 g/mol. The van der Waals surface area contributed by atoms with Crippen LogP contribution in [0.1, 0.15) is 36.1 Å². The Morgan fingerprint density at radius 2 is 1.77 bits per heavy atom. The fraction of sp³-hybridized carbons (Fsp3) is 0.226. The van der Waals surface area contributed by atoms with Crippen LogP contribution in [0.25, 0.3) is 5.76 Å². The molecule has 9 nitrogen and oxygen atoms in total. The molecular formula is C31H28FN3O6S2. The molecule has 0 saturated carbocycles. The normalized spacial score (nSPS) is 16.0. The maximum absolute atomic E-state index is 14.1.